The summed E-state index contributed by atoms with van der Waals surface area (Å²) in [4.78, 5) is 31.3. The number of imidazole rings is 1. The molecule has 0 aliphatic heterocycles. The molecule has 6 nitrogen and oxygen atoms in total. The number of aromatic amines is 1. The van der Waals surface area contributed by atoms with E-state index in [1.165, 1.54) is 6.33 Å². The van der Waals surface area contributed by atoms with E-state index in [-0.39, 0.29) is 34.3 Å². The summed E-state index contributed by atoms with van der Waals surface area (Å²) in [5.41, 5.74) is -0.354. The third kappa shape index (κ3) is 4.58. The molecule has 0 unspecified atom stereocenters. The SMILES string of the molecule is CCC(C)(C)NC(=O)c1nc[nH]c1C(=O)NC(C)(C)CC. The minimum absolute atomic E-state index is 0.126. The van der Waals surface area contributed by atoms with Gasteiger partial charge in [-0.05, 0) is 40.5 Å². The van der Waals surface area contributed by atoms with Crippen LogP contribution >= 0.6 is 0 Å². The Morgan fingerprint density at radius 2 is 1.52 bits per heavy atom. The number of rotatable bonds is 6. The number of hydrogen-bond donors (Lipinski definition) is 3. The van der Waals surface area contributed by atoms with Gasteiger partial charge < -0.3 is 15.6 Å². The van der Waals surface area contributed by atoms with Crippen molar-refractivity contribution in [3.05, 3.63) is 17.7 Å². The maximum absolute atomic E-state index is 12.3. The van der Waals surface area contributed by atoms with Gasteiger partial charge in [0.25, 0.3) is 11.8 Å². The zero-order valence-electron chi connectivity index (χ0n) is 13.8. The summed E-state index contributed by atoms with van der Waals surface area (Å²) in [5.74, 6) is -0.665. The predicted molar refractivity (Wildman–Crippen MR) is 82.3 cm³/mol. The Morgan fingerprint density at radius 1 is 1.05 bits per heavy atom. The van der Waals surface area contributed by atoms with Crippen molar-refractivity contribution in [2.45, 2.75) is 65.5 Å². The number of amides is 2. The second-order valence-corrected chi connectivity index (χ2v) is 6.51. The Kier molecular flexibility index (Phi) is 5.15. The molecule has 118 valence electrons. The molecule has 2 amide bonds. The van der Waals surface area contributed by atoms with Crippen LogP contribution < -0.4 is 10.6 Å². The van der Waals surface area contributed by atoms with E-state index in [2.05, 4.69) is 20.6 Å². The number of hydrogen-bond acceptors (Lipinski definition) is 3. The highest BCUT2D eigenvalue weighted by molar-refractivity contribution is 6.05. The fourth-order valence-corrected chi connectivity index (χ4v) is 1.55. The van der Waals surface area contributed by atoms with Crippen LogP contribution in [0.5, 0.6) is 0 Å². The van der Waals surface area contributed by atoms with Crippen molar-refractivity contribution in [2.24, 2.45) is 0 Å². The summed E-state index contributed by atoms with van der Waals surface area (Å²) < 4.78 is 0. The van der Waals surface area contributed by atoms with Crippen LogP contribution in [-0.4, -0.2) is 32.9 Å². The highest BCUT2D eigenvalue weighted by atomic mass is 16.2. The van der Waals surface area contributed by atoms with Crippen LogP contribution in [0.3, 0.4) is 0 Å². The molecule has 1 aromatic heterocycles. The van der Waals surface area contributed by atoms with E-state index in [4.69, 9.17) is 0 Å². The van der Waals surface area contributed by atoms with Crippen molar-refractivity contribution < 1.29 is 9.59 Å². The molecule has 21 heavy (non-hydrogen) atoms. The number of carbonyl (C=O) groups is 2. The molecule has 0 fully saturated rings. The lowest BCUT2D eigenvalue weighted by Crippen LogP contribution is -2.45. The van der Waals surface area contributed by atoms with E-state index in [9.17, 15) is 9.59 Å². The van der Waals surface area contributed by atoms with E-state index in [0.717, 1.165) is 12.8 Å². The summed E-state index contributed by atoms with van der Waals surface area (Å²) in [6.45, 7) is 11.7. The smallest absolute Gasteiger partial charge is 0.272 e. The van der Waals surface area contributed by atoms with Crippen LogP contribution in [0.15, 0.2) is 6.33 Å². The minimum Gasteiger partial charge on any atom is -0.346 e. The maximum atomic E-state index is 12.3. The molecule has 0 atom stereocenters. The molecule has 1 rings (SSSR count). The van der Waals surface area contributed by atoms with E-state index in [1.54, 1.807) is 0 Å². The van der Waals surface area contributed by atoms with Crippen LogP contribution in [0, 0.1) is 0 Å². The lowest BCUT2D eigenvalue weighted by atomic mass is 10.0. The van der Waals surface area contributed by atoms with Gasteiger partial charge in [-0.2, -0.15) is 0 Å². The maximum Gasteiger partial charge on any atom is 0.272 e. The van der Waals surface area contributed by atoms with Crippen LogP contribution in [0.2, 0.25) is 0 Å². The molecular weight excluding hydrogens is 268 g/mol. The van der Waals surface area contributed by atoms with Gasteiger partial charge in [0.1, 0.15) is 5.69 Å². The van der Waals surface area contributed by atoms with Crippen LogP contribution in [0.1, 0.15) is 75.4 Å². The molecule has 0 saturated carbocycles. The summed E-state index contributed by atoms with van der Waals surface area (Å²) in [7, 11) is 0. The zero-order chi connectivity index (χ0) is 16.3. The number of carbonyl (C=O) groups excluding carboxylic acids is 2. The Hall–Kier alpha value is -1.85. The molecule has 0 radical (unpaired) electrons. The van der Waals surface area contributed by atoms with E-state index in [0.29, 0.717) is 0 Å². The van der Waals surface area contributed by atoms with Gasteiger partial charge in [0.15, 0.2) is 5.69 Å². The largest absolute Gasteiger partial charge is 0.346 e. The lowest BCUT2D eigenvalue weighted by Gasteiger charge is -2.25. The second kappa shape index (κ2) is 6.28. The van der Waals surface area contributed by atoms with Crippen molar-refractivity contribution in [2.75, 3.05) is 0 Å². The minimum atomic E-state index is -0.345. The van der Waals surface area contributed by atoms with E-state index in [1.807, 2.05) is 41.5 Å². The van der Waals surface area contributed by atoms with Gasteiger partial charge in [-0.15, -0.1) is 0 Å². The van der Waals surface area contributed by atoms with Crippen molar-refractivity contribution >= 4 is 11.8 Å². The first-order chi connectivity index (χ1) is 9.62. The molecule has 0 aliphatic rings. The van der Waals surface area contributed by atoms with Gasteiger partial charge in [-0.25, -0.2) is 4.98 Å². The van der Waals surface area contributed by atoms with Crippen LogP contribution in [0.4, 0.5) is 0 Å². The number of aromatic nitrogens is 2. The fraction of sp³-hybridized carbons (Fsp3) is 0.667. The first kappa shape index (κ1) is 17.2. The Bertz CT molecular complexity index is 473. The molecule has 3 N–H and O–H groups in total. The van der Waals surface area contributed by atoms with Gasteiger partial charge >= 0.3 is 0 Å². The molecule has 1 heterocycles. The highest BCUT2D eigenvalue weighted by Crippen LogP contribution is 2.12. The lowest BCUT2D eigenvalue weighted by molar-refractivity contribution is 0.0869. The summed E-state index contributed by atoms with van der Waals surface area (Å²) in [6.07, 6.45) is 2.94. The molecule has 0 spiro atoms. The first-order valence-electron chi connectivity index (χ1n) is 7.30. The molecule has 0 aliphatic carbocycles. The monoisotopic (exact) mass is 294 g/mol. The molecule has 0 aromatic carbocycles. The molecule has 0 saturated heterocycles. The van der Waals surface area contributed by atoms with E-state index < -0.39 is 0 Å². The summed E-state index contributed by atoms with van der Waals surface area (Å²) >= 11 is 0. The van der Waals surface area contributed by atoms with Gasteiger partial charge in [-0.3, -0.25) is 9.59 Å². The second-order valence-electron chi connectivity index (χ2n) is 6.51. The van der Waals surface area contributed by atoms with Crippen LogP contribution in [-0.2, 0) is 0 Å². The standard InChI is InChI=1S/C15H26N4O2/c1-7-14(3,4)18-12(20)10-11(17-9-16-10)13(21)19-15(5,6)8-2/h9H,7-8H2,1-6H3,(H,16,17)(H,18,20)(H,19,21). The number of nitrogens with one attached hydrogen (secondary N) is 3. The van der Waals surface area contributed by atoms with Gasteiger partial charge in [0.2, 0.25) is 0 Å². The van der Waals surface area contributed by atoms with E-state index >= 15 is 0 Å². The molecule has 6 heteroatoms. The Balaban J connectivity index is 2.92. The van der Waals surface area contributed by atoms with Gasteiger partial charge in [-0.1, -0.05) is 13.8 Å². The van der Waals surface area contributed by atoms with Gasteiger partial charge in [0.05, 0.1) is 6.33 Å². The molecule has 1 aromatic rings. The van der Waals surface area contributed by atoms with Crippen LogP contribution in [0.25, 0.3) is 0 Å². The number of nitrogens with zero attached hydrogens (tertiary/aromatic N) is 1. The Morgan fingerprint density at radius 3 is 2.00 bits per heavy atom. The predicted octanol–water partition coefficient (Wildman–Crippen LogP) is 2.25. The third-order valence-electron chi connectivity index (χ3n) is 3.75. The fourth-order valence-electron chi connectivity index (χ4n) is 1.55. The molecule has 0 bridgehead atoms. The normalized spacial score (nSPS) is 12.1. The average Bonchev–Trinajstić information content (AvgIpc) is 2.87. The Labute approximate surface area is 126 Å². The van der Waals surface area contributed by atoms with Crippen molar-refractivity contribution in [1.82, 2.24) is 20.6 Å². The first-order valence-corrected chi connectivity index (χ1v) is 7.30. The number of H-pyrrole nitrogens is 1. The average molecular weight is 294 g/mol. The summed E-state index contributed by atoms with van der Waals surface area (Å²) in [5, 5.41) is 5.77. The third-order valence-corrected chi connectivity index (χ3v) is 3.75. The summed E-state index contributed by atoms with van der Waals surface area (Å²) in [6, 6.07) is 0. The van der Waals surface area contributed by atoms with Crippen molar-refractivity contribution in [1.29, 1.82) is 0 Å². The van der Waals surface area contributed by atoms with Crippen molar-refractivity contribution in [3.8, 4) is 0 Å². The quantitative estimate of drug-likeness (QED) is 0.752. The topological polar surface area (TPSA) is 86.9 Å². The van der Waals surface area contributed by atoms with Gasteiger partial charge in [0, 0.05) is 11.1 Å². The highest BCUT2D eigenvalue weighted by Gasteiger charge is 2.27. The zero-order valence-corrected chi connectivity index (χ0v) is 13.8. The van der Waals surface area contributed by atoms with Crippen molar-refractivity contribution in [3.63, 3.8) is 0 Å². The molecular formula is C15H26N4O2.